The molecule has 0 spiro atoms. The number of aromatic amines is 1. The average molecular weight is 355 g/mol. The third-order valence-corrected chi connectivity index (χ3v) is 6.30. The van der Waals surface area contributed by atoms with Crippen molar-refractivity contribution in [1.82, 2.24) is 14.6 Å². The fourth-order valence-corrected chi connectivity index (χ4v) is 3.80. The van der Waals surface area contributed by atoms with Crippen molar-refractivity contribution in [3.8, 4) is 0 Å². The number of hydrogen-bond donors (Lipinski definition) is 2. The number of carbonyl (C=O) groups excluding carboxylic acids is 2. The first-order valence-corrected chi connectivity index (χ1v) is 9.85. The number of fused-ring (bicyclic) bond motifs is 1. The van der Waals surface area contributed by atoms with Gasteiger partial charge in [-0.15, -0.1) is 0 Å². The van der Waals surface area contributed by atoms with E-state index in [1.807, 2.05) is 0 Å². The summed E-state index contributed by atoms with van der Waals surface area (Å²) in [5, 5.41) is 2.79. The van der Waals surface area contributed by atoms with Crippen molar-refractivity contribution in [2.75, 3.05) is 25.9 Å². The molecule has 0 aromatic carbocycles. The van der Waals surface area contributed by atoms with Crippen LogP contribution in [0.5, 0.6) is 0 Å². The lowest BCUT2D eigenvalue weighted by atomic mass is 9.94. The normalized spacial score (nSPS) is 14.8. The van der Waals surface area contributed by atoms with Gasteiger partial charge in [-0.1, -0.05) is 0 Å². The number of ketones is 1. The highest BCUT2D eigenvalue weighted by Crippen LogP contribution is 2.26. The van der Waals surface area contributed by atoms with Crippen molar-refractivity contribution in [1.29, 1.82) is 0 Å². The van der Waals surface area contributed by atoms with Gasteiger partial charge >= 0.3 is 0 Å². The molecule has 2 rings (SSSR count). The van der Waals surface area contributed by atoms with Crippen molar-refractivity contribution >= 4 is 21.7 Å². The minimum atomic E-state index is -3.19. The molecular weight excluding hydrogens is 330 g/mol. The Hall–Kier alpha value is -1.67. The number of aryl methyl sites for hydroxylation is 1. The van der Waals surface area contributed by atoms with Gasteiger partial charge in [0.25, 0.3) is 5.91 Å². The Kier molecular flexibility index (Phi) is 5.82. The van der Waals surface area contributed by atoms with Gasteiger partial charge in [0.2, 0.25) is 10.0 Å². The largest absolute Gasteiger partial charge is 0.354 e. The van der Waals surface area contributed by atoms with Gasteiger partial charge in [0.05, 0.1) is 5.75 Å². The zero-order chi connectivity index (χ0) is 17.9. The molecule has 7 nitrogen and oxygen atoms in total. The summed E-state index contributed by atoms with van der Waals surface area (Å²) in [7, 11) is -1.65. The average Bonchev–Trinajstić information content (AvgIpc) is 2.89. The number of H-pyrrole nitrogens is 1. The van der Waals surface area contributed by atoms with Crippen LogP contribution in [0.2, 0.25) is 0 Å². The number of carbonyl (C=O) groups is 2. The maximum Gasteiger partial charge on any atom is 0.268 e. The van der Waals surface area contributed by atoms with E-state index in [-0.39, 0.29) is 17.4 Å². The van der Waals surface area contributed by atoms with E-state index < -0.39 is 10.0 Å². The molecule has 0 saturated heterocycles. The summed E-state index contributed by atoms with van der Waals surface area (Å²) in [4.78, 5) is 27.4. The van der Waals surface area contributed by atoms with Crippen LogP contribution in [0.3, 0.4) is 0 Å². The Morgan fingerprint density at radius 1 is 1.33 bits per heavy atom. The van der Waals surface area contributed by atoms with E-state index in [0.29, 0.717) is 42.8 Å². The molecule has 1 aromatic heterocycles. The van der Waals surface area contributed by atoms with E-state index in [0.717, 1.165) is 18.5 Å². The zero-order valence-corrected chi connectivity index (χ0v) is 15.3. The Balaban J connectivity index is 1.91. The van der Waals surface area contributed by atoms with Gasteiger partial charge in [-0.3, -0.25) is 9.59 Å². The van der Waals surface area contributed by atoms with Gasteiger partial charge in [0.1, 0.15) is 5.69 Å². The van der Waals surface area contributed by atoms with Gasteiger partial charge < -0.3 is 10.3 Å². The van der Waals surface area contributed by atoms with Gasteiger partial charge in [-0.25, -0.2) is 12.7 Å². The van der Waals surface area contributed by atoms with E-state index >= 15 is 0 Å². The number of nitrogens with zero attached hydrogens (tertiary/aromatic N) is 1. The van der Waals surface area contributed by atoms with Crippen LogP contribution in [0.25, 0.3) is 0 Å². The van der Waals surface area contributed by atoms with Crippen molar-refractivity contribution < 1.29 is 18.0 Å². The second kappa shape index (κ2) is 7.48. The standard InChI is InChI=1S/C16H25N3O4S/c1-4-24(22,23)19(3)10-6-9-17-16(21)15-11(2)14-12(18-15)7-5-8-13(14)20/h18H,4-10H2,1-3H3,(H,17,21). The lowest BCUT2D eigenvalue weighted by molar-refractivity contribution is 0.0946. The third-order valence-electron chi connectivity index (χ3n) is 4.44. The molecule has 24 heavy (non-hydrogen) atoms. The Labute approximate surface area is 142 Å². The first kappa shape index (κ1) is 18.7. The Bertz CT molecular complexity index is 737. The van der Waals surface area contributed by atoms with Crippen LogP contribution in [0, 0.1) is 6.92 Å². The minimum Gasteiger partial charge on any atom is -0.354 e. The Morgan fingerprint density at radius 3 is 2.67 bits per heavy atom. The summed E-state index contributed by atoms with van der Waals surface area (Å²) < 4.78 is 24.6. The molecule has 0 aliphatic heterocycles. The highest BCUT2D eigenvalue weighted by Gasteiger charge is 2.26. The monoisotopic (exact) mass is 355 g/mol. The first-order chi connectivity index (χ1) is 11.3. The smallest absolute Gasteiger partial charge is 0.268 e. The fourth-order valence-electron chi connectivity index (χ4n) is 2.95. The molecule has 1 aromatic rings. The molecule has 0 atom stereocenters. The quantitative estimate of drug-likeness (QED) is 0.719. The number of sulfonamides is 1. The molecule has 0 radical (unpaired) electrons. The van der Waals surface area contributed by atoms with Gasteiger partial charge in [-0.05, 0) is 38.7 Å². The van der Waals surface area contributed by atoms with E-state index in [1.165, 1.54) is 11.4 Å². The van der Waals surface area contributed by atoms with Crippen LogP contribution in [0.1, 0.15) is 58.3 Å². The van der Waals surface area contributed by atoms with E-state index in [9.17, 15) is 18.0 Å². The summed E-state index contributed by atoms with van der Waals surface area (Å²) in [5.74, 6) is -0.0944. The topological polar surface area (TPSA) is 99.3 Å². The molecule has 0 unspecified atom stereocenters. The fraction of sp³-hybridized carbons (Fsp3) is 0.625. The number of aromatic nitrogens is 1. The van der Waals surface area contributed by atoms with Gasteiger partial charge in [0.15, 0.2) is 5.78 Å². The molecule has 1 heterocycles. The highest BCUT2D eigenvalue weighted by atomic mass is 32.2. The first-order valence-electron chi connectivity index (χ1n) is 8.24. The summed E-state index contributed by atoms with van der Waals surface area (Å²) >= 11 is 0. The van der Waals surface area contributed by atoms with Crippen LogP contribution in [-0.4, -0.2) is 55.3 Å². The van der Waals surface area contributed by atoms with Crippen molar-refractivity contribution in [3.63, 3.8) is 0 Å². The summed E-state index contributed by atoms with van der Waals surface area (Å²) in [5.41, 5.74) is 2.66. The van der Waals surface area contributed by atoms with Gasteiger partial charge in [0, 0.05) is 37.8 Å². The van der Waals surface area contributed by atoms with E-state index in [2.05, 4.69) is 10.3 Å². The maximum absolute atomic E-state index is 12.3. The SMILES string of the molecule is CCS(=O)(=O)N(C)CCCNC(=O)c1[nH]c2c(c1C)C(=O)CCC2. The number of rotatable bonds is 7. The van der Waals surface area contributed by atoms with Crippen LogP contribution in [0.15, 0.2) is 0 Å². The molecule has 1 aliphatic carbocycles. The van der Waals surface area contributed by atoms with Crippen LogP contribution < -0.4 is 5.32 Å². The minimum absolute atomic E-state index is 0.0666. The number of Topliss-reactive ketones (excluding diaryl/α,β-unsaturated/α-hetero) is 1. The summed E-state index contributed by atoms with van der Waals surface area (Å²) in [6, 6.07) is 0. The van der Waals surface area contributed by atoms with Crippen molar-refractivity contribution in [2.45, 2.75) is 39.5 Å². The van der Waals surface area contributed by atoms with Gasteiger partial charge in [-0.2, -0.15) is 0 Å². The molecule has 134 valence electrons. The van der Waals surface area contributed by atoms with E-state index in [4.69, 9.17) is 0 Å². The van der Waals surface area contributed by atoms with Crippen LogP contribution in [0.4, 0.5) is 0 Å². The molecule has 1 aliphatic rings. The molecule has 1 amide bonds. The number of amides is 1. The second-order valence-corrected chi connectivity index (χ2v) is 8.45. The van der Waals surface area contributed by atoms with Crippen molar-refractivity contribution in [2.24, 2.45) is 0 Å². The predicted molar refractivity (Wildman–Crippen MR) is 91.8 cm³/mol. The molecule has 0 bridgehead atoms. The molecule has 0 saturated carbocycles. The number of hydrogen-bond acceptors (Lipinski definition) is 4. The van der Waals surface area contributed by atoms with Crippen LogP contribution >= 0.6 is 0 Å². The predicted octanol–water partition coefficient (Wildman–Crippen LogP) is 1.24. The second-order valence-electron chi connectivity index (χ2n) is 6.09. The third kappa shape index (κ3) is 3.87. The zero-order valence-electron chi connectivity index (χ0n) is 14.4. The molecular formula is C16H25N3O4S. The molecule has 8 heteroatoms. The number of nitrogens with one attached hydrogen (secondary N) is 2. The molecule has 0 fully saturated rings. The lowest BCUT2D eigenvalue weighted by Gasteiger charge is -2.15. The summed E-state index contributed by atoms with van der Waals surface area (Å²) in [6.07, 6.45) is 2.66. The van der Waals surface area contributed by atoms with Crippen molar-refractivity contribution in [3.05, 3.63) is 22.5 Å². The highest BCUT2D eigenvalue weighted by molar-refractivity contribution is 7.89. The van der Waals surface area contributed by atoms with Crippen LogP contribution in [-0.2, 0) is 16.4 Å². The summed E-state index contributed by atoms with van der Waals surface area (Å²) in [6.45, 7) is 4.12. The Morgan fingerprint density at radius 2 is 2.04 bits per heavy atom. The van der Waals surface area contributed by atoms with E-state index in [1.54, 1.807) is 13.8 Å². The lowest BCUT2D eigenvalue weighted by Crippen LogP contribution is -2.32. The maximum atomic E-state index is 12.3. The molecule has 2 N–H and O–H groups in total.